The second-order valence-corrected chi connectivity index (χ2v) is 2.20. The molecule has 0 amide bonds. The van der Waals surface area contributed by atoms with Crippen LogP contribution in [0.5, 0.6) is 0 Å². The zero-order chi connectivity index (χ0) is 5.28. The summed E-state index contributed by atoms with van der Waals surface area (Å²) in [6, 6.07) is 1.15. The Morgan fingerprint density at radius 2 is 2.00 bits per heavy atom. The van der Waals surface area contributed by atoms with Gasteiger partial charge in [0, 0.05) is 18.9 Å². The molecule has 0 fully saturated rings. The molecule has 1 aromatic rings. The SMILES string of the molecule is Fc1cc[pH]c1F.[Li]. The van der Waals surface area contributed by atoms with Crippen molar-refractivity contribution in [3.63, 3.8) is 0 Å². The van der Waals surface area contributed by atoms with E-state index < -0.39 is 11.4 Å². The molecule has 0 N–H and O–H groups in total. The first-order chi connectivity index (χ1) is 3.30. The van der Waals surface area contributed by atoms with Gasteiger partial charge in [-0.05, 0) is 11.9 Å². The zero-order valence-electron chi connectivity index (χ0n) is 4.41. The molecule has 0 aliphatic heterocycles. The average Bonchev–Trinajstić information content (AvgIpc) is 1.91. The van der Waals surface area contributed by atoms with E-state index in [1.54, 1.807) is 0 Å². The molecule has 0 aliphatic rings. The third-order valence-corrected chi connectivity index (χ3v) is 1.48. The van der Waals surface area contributed by atoms with Crippen molar-refractivity contribution in [2.24, 2.45) is 0 Å². The summed E-state index contributed by atoms with van der Waals surface area (Å²) in [7, 11) is -0.0799. The minimum Gasteiger partial charge on any atom is -0.203 e. The minimum absolute atomic E-state index is 0. The fourth-order valence-corrected chi connectivity index (χ4v) is 0.927. The maximum Gasteiger partial charge on any atom is 0.173 e. The van der Waals surface area contributed by atoms with Crippen LogP contribution in [0.4, 0.5) is 8.78 Å². The predicted molar refractivity (Wildman–Crippen MR) is 31.6 cm³/mol. The van der Waals surface area contributed by atoms with Crippen LogP contribution >= 0.6 is 8.19 Å². The van der Waals surface area contributed by atoms with Gasteiger partial charge in [-0.2, -0.15) is 4.39 Å². The molecule has 0 aromatic carbocycles. The molecule has 0 saturated heterocycles. The number of halogens is 2. The van der Waals surface area contributed by atoms with Gasteiger partial charge in [0.2, 0.25) is 0 Å². The summed E-state index contributed by atoms with van der Waals surface area (Å²) in [5, 5.41) is 0. The average molecular weight is 127 g/mol. The van der Waals surface area contributed by atoms with Crippen molar-refractivity contribution in [3.8, 4) is 0 Å². The molecular formula is C4H3F2LiP. The molecule has 1 radical (unpaired) electrons. The van der Waals surface area contributed by atoms with Crippen LogP contribution in [0.3, 0.4) is 0 Å². The maximum atomic E-state index is 11.8. The van der Waals surface area contributed by atoms with Crippen molar-refractivity contribution in [3.05, 3.63) is 23.2 Å². The van der Waals surface area contributed by atoms with Gasteiger partial charge >= 0.3 is 0 Å². The molecule has 0 spiro atoms. The van der Waals surface area contributed by atoms with E-state index in [0.29, 0.717) is 0 Å². The standard InChI is InChI=1S/C4H3F2P.Li/c5-3-1-2-7-4(3)6;/h1-2,7H;. The van der Waals surface area contributed by atoms with Crippen LogP contribution in [0, 0.1) is 11.4 Å². The van der Waals surface area contributed by atoms with Gasteiger partial charge < -0.3 is 0 Å². The predicted octanol–water partition coefficient (Wildman–Crippen LogP) is 1.62. The van der Waals surface area contributed by atoms with E-state index in [1.165, 1.54) is 5.80 Å². The van der Waals surface area contributed by atoms with Crippen molar-refractivity contribution in [1.29, 1.82) is 0 Å². The molecule has 1 unspecified atom stereocenters. The molecule has 4 heteroatoms. The summed E-state index contributed by atoms with van der Waals surface area (Å²) in [5.41, 5.74) is -0.625. The summed E-state index contributed by atoms with van der Waals surface area (Å²) in [6.07, 6.45) is 0. The van der Waals surface area contributed by atoms with Gasteiger partial charge in [0.25, 0.3) is 0 Å². The molecular weight excluding hydrogens is 124 g/mol. The van der Waals surface area contributed by atoms with Crippen LogP contribution in [0.25, 0.3) is 0 Å². The van der Waals surface area contributed by atoms with E-state index in [9.17, 15) is 8.78 Å². The quantitative estimate of drug-likeness (QED) is 0.464. The first kappa shape index (κ1) is 8.24. The summed E-state index contributed by atoms with van der Waals surface area (Å²) in [4.78, 5) is 0. The van der Waals surface area contributed by atoms with Crippen molar-refractivity contribution in [2.75, 3.05) is 0 Å². The van der Waals surface area contributed by atoms with Crippen molar-refractivity contribution >= 4 is 27.1 Å². The van der Waals surface area contributed by atoms with Gasteiger partial charge in [-0.3, -0.25) is 0 Å². The van der Waals surface area contributed by atoms with Crippen LogP contribution in [-0.2, 0) is 0 Å². The Bertz CT molecular complexity index is 146. The normalized spacial score (nSPS) is 9.25. The van der Waals surface area contributed by atoms with E-state index in [-0.39, 0.29) is 27.1 Å². The van der Waals surface area contributed by atoms with Crippen LogP contribution in [0.1, 0.15) is 0 Å². The Morgan fingerprint density at radius 3 is 2.12 bits per heavy atom. The van der Waals surface area contributed by atoms with Crippen LogP contribution in [0.2, 0.25) is 0 Å². The van der Waals surface area contributed by atoms with Gasteiger partial charge in [-0.25, -0.2) is 4.39 Å². The molecule has 0 nitrogen and oxygen atoms in total. The van der Waals surface area contributed by atoms with Gasteiger partial charge in [-0.1, -0.05) is 8.19 Å². The van der Waals surface area contributed by atoms with Gasteiger partial charge in [0.05, 0.1) is 0 Å². The zero-order valence-corrected chi connectivity index (χ0v) is 5.41. The van der Waals surface area contributed by atoms with Crippen LogP contribution in [0.15, 0.2) is 11.9 Å². The molecule has 39 valence electrons. The molecule has 0 bridgehead atoms. The van der Waals surface area contributed by atoms with E-state index in [0.717, 1.165) is 6.07 Å². The second-order valence-electron chi connectivity index (χ2n) is 1.14. The molecule has 1 heterocycles. The monoisotopic (exact) mass is 127 g/mol. The third-order valence-electron chi connectivity index (χ3n) is 0.649. The number of hydrogen-bond acceptors (Lipinski definition) is 0. The van der Waals surface area contributed by atoms with E-state index in [4.69, 9.17) is 0 Å². The third kappa shape index (κ3) is 1.63. The molecule has 0 saturated carbocycles. The van der Waals surface area contributed by atoms with E-state index >= 15 is 0 Å². The van der Waals surface area contributed by atoms with Crippen LogP contribution < -0.4 is 0 Å². The van der Waals surface area contributed by atoms with Gasteiger partial charge in [0.1, 0.15) is 0 Å². The van der Waals surface area contributed by atoms with E-state index in [1.807, 2.05) is 0 Å². The molecule has 8 heavy (non-hydrogen) atoms. The topological polar surface area (TPSA) is 0 Å². The summed E-state index contributed by atoms with van der Waals surface area (Å²) >= 11 is 0. The number of hydrogen-bond donors (Lipinski definition) is 0. The Kier molecular flexibility index (Phi) is 3.40. The Morgan fingerprint density at radius 1 is 1.38 bits per heavy atom. The van der Waals surface area contributed by atoms with Gasteiger partial charge in [0.15, 0.2) is 11.4 Å². The maximum absolute atomic E-state index is 11.8. The smallest absolute Gasteiger partial charge is 0.173 e. The van der Waals surface area contributed by atoms with Crippen molar-refractivity contribution in [1.82, 2.24) is 0 Å². The summed E-state index contributed by atoms with van der Waals surface area (Å²) < 4.78 is 23.5. The van der Waals surface area contributed by atoms with E-state index in [2.05, 4.69) is 0 Å². The van der Waals surface area contributed by atoms with Gasteiger partial charge in [-0.15, -0.1) is 0 Å². The van der Waals surface area contributed by atoms with Crippen molar-refractivity contribution < 1.29 is 8.78 Å². The van der Waals surface area contributed by atoms with Crippen LogP contribution in [-0.4, -0.2) is 18.9 Å². The Hall–Kier alpha value is 0.237. The van der Waals surface area contributed by atoms with Crippen molar-refractivity contribution in [2.45, 2.75) is 0 Å². The first-order valence-corrected chi connectivity index (χ1v) is 2.87. The largest absolute Gasteiger partial charge is 0.203 e. The Labute approximate surface area is 59.5 Å². The summed E-state index contributed by atoms with van der Waals surface area (Å²) in [6.45, 7) is 0. The fourth-order valence-electron chi connectivity index (χ4n) is 0.330. The molecule has 1 aromatic heterocycles. The molecule has 1 atom stereocenters. The minimum atomic E-state index is -0.710. The molecule has 1 rings (SSSR count). The second kappa shape index (κ2) is 3.30. The first-order valence-electron chi connectivity index (χ1n) is 1.79. The fraction of sp³-hybridized carbons (Fsp3) is 0. The Balaban J connectivity index is 0.000000490. The summed E-state index contributed by atoms with van der Waals surface area (Å²) in [5.74, 6) is 0.767. The molecule has 0 aliphatic carbocycles. The number of rotatable bonds is 0.